The Bertz CT molecular complexity index is 660. The van der Waals surface area contributed by atoms with Gasteiger partial charge in [0, 0.05) is 30.9 Å². The van der Waals surface area contributed by atoms with Gasteiger partial charge in [0.1, 0.15) is 5.82 Å². The molecule has 0 saturated carbocycles. The van der Waals surface area contributed by atoms with E-state index in [1.165, 1.54) is 0 Å². The zero-order chi connectivity index (χ0) is 14.1. The van der Waals surface area contributed by atoms with Crippen molar-refractivity contribution in [1.82, 2.24) is 9.78 Å². The third kappa shape index (κ3) is 2.27. The zero-order valence-corrected chi connectivity index (χ0v) is 11.7. The van der Waals surface area contributed by atoms with Crippen LogP contribution >= 0.6 is 0 Å². The third-order valence-electron chi connectivity index (χ3n) is 3.58. The van der Waals surface area contributed by atoms with E-state index in [9.17, 15) is 4.79 Å². The summed E-state index contributed by atoms with van der Waals surface area (Å²) in [6.07, 6.45) is 2.00. The molecule has 0 radical (unpaired) electrons. The highest BCUT2D eigenvalue weighted by Gasteiger charge is 2.18. The summed E-state index contributed by atoms with van der Waals surface area (Å²) in [5, 5.41) is 10.5. The molecule has 2 N–H and O–H groups in total. The summed E-state index contributed by atoms with van der Waals surface area (Å²) < 4.78 is 1.68. The molecule has 1 amide bonds. The fraction of sp³-hybridized carbons (Fsp3) is 0.333. The van der Waals surface area contributed by atoms with Crippen LogP contribution in [0.15, 0.2) is 24.3 Å². The largest absolute Gasteiger partial charge is 0.385 e. The summed E-state index contributed by atoms with van der Waals surface area (Å²) in [6, 6.07) is 7.69. The van der Waals surface area contributed by atoms with Crippen LogP contribution in [-0.4, -0.2) is 22.2 Å². The topological polar surface area (TPSA) is 59.0 Å². The molecule has 5 heteroatoms. The Hall–Kier alpha value is -2.30. The number of fused-ring (bicyclic) bond motifs is 1. The van der Waals surface area contributed by atoms with Gasteiger partial charge in [0.25, 0.3) is 5.91 Å². The summed E-state index contributed by atoms with van der Waals surface area (Å²) >= 11 is 0. The van der Waals surface area contributed by atoms with Crippen LogP contribution in [0, 0.1) is 6.92 Å². The summed E-state index contributed by atoms with van der Waals surface area (Å²) in [5.74, 6) is 0.641. The Morgan fingerprint density at radius 2 is 2.30 bits per heavy atom. The zero-order valence-electron chi connectivity index (χ0n) is 11.7. The lowest BCUT2D eigenvalue weighted by molar-refractivity contribution is 0.102. The molecule has 5 nitrogen and oxygen atoms in total. The molecule has 1 aliphatic rings. The van der Waals surface area contributed by atoms with E-state index >= 15 is 0 Å². The smallest absolute Gasteiger partial charge is 0.257 e. The van der Waals surface area contributed by atoms with Crippen LogP contribution < -0.4 is 10.6 Å². The van der Waals surface area contributed by atoms with Crippen LogP contribution in [0.25, 0.3) is 0 Å². The van der Waals surface area contributed by atoms with Crippen LogP contribution in [-0.2, 0) is 13.5 Å². The highest BCUT2D eigenvalue weighted by molar-refractivity contribution is 6.05. The normalized spacial score (nSPS) is 13.5. The van der Waals surface area contributed by atoms with Gasteiger partial charge in [0.2, 0.25) is 0 Å². The van der Waals surface area contributed by atoms with Gasteiger partial charge in [-0.25, -0.2) is 0 Å². The molecule has 2 heterocycles. The maximum Gasteiger partial charge on any atom is 0.257 e. The highest BCUT2D eigenvalue weighted by atomic mass is 16.1. The van der Waals surface area contributed by atoms with Crippen LogP contribution in [0.1, 0.15) is 28.0 Å². The van der Waals surface area contributed by atoms with Gasteiger partial charge in [-0.15, -0.1) is 0 Å². The lowest BCUT2D eigenvalue weighted by atomic mass is 9.97. The van der Waals surface area contributed by atoms with E-state index in [1.807, 2.05) is 38.2 Å². The van der Waals surface area contributed by atoms with Crippen molar-refractivity contribution < 1.29 is 4.79 Å². The second kappa shape index (κ2) is 5.00. The lowest BCUT2D eigenvalue weighted by Gasteiger charge is -2.20. The first-order chi connectivity index (χ1) is 9.65. The number of carbonyl (C=O) groups excluding carboxylic acids is 1. The maximum atomic E-state index is 12.5. The van der Waals surface area contributed by atoms with Crippen molar-refractivity contribution in [2.75, 3.05) is 17.2 Å². The molecule has 0 saturated heterocycles. The molecule has 104 valence electrons. The van der Waals surface area contributed by atoms with Gasteiger partial charge in [-0.2, -0.15) is 5.10 Å². The van der Waals surface area contributed by atoms with Crippen molar-refractivity contribution in [3.8, 4) is 0 Å². The Kier molecular flexibility index (Phi) is 3.18. The Morgan fingerprint density at radius 3 is 3.05 bits per heavy atom. The molecule has 20 heavy (non-hydrogen) atoms. The number of benzene rings is 1. The number of hydrogen-bond acceptors (Lipinski definition) is 3. The molecule has 3 rings (SSSR count). The average Bonchev–Trinajstić information content (AvgIpc) is 2.76. The molecular weight excluding hydrogens is 252 g/mol. The minimum Gasteiger partial charge on any atom is -0.385 e. The van der Waals surface area contributed by atoms with Crippen LogP contribution in [0.2, 0.25) is 0 Å². The Balaban J connectivity index is 1.89. The van der Waals surface area contributed by atoms with E-state index in [1.54, 1.807) is 4.68 Å². The molecule has 0 spiro atoms. The molecule has 1 aliphatic heterocycles. The number of anilines is 2. The molecule has 0 unspecified atom stereocenters. The van der Waals surface area contributed by atoms with Gasteiger partial charge in [0.05, 0.1) is 5.69 Å². The van der Waals surface area contributed by atoms with Crippen LogP contribution in [0.4, 0.5) is 11.5 Å². The van der Waals surface area contributed by atoms with Crippen molar-refractivity contribution in [2.45, 2.75) is 19.8 Å². The van der Waals surface area contributed by atoms with Crippen molar-refractivity contribution in [3.63, 3.8) is 0 Å². The van der Waals surface area contributed by atoms with Gasteiger partial charge in [-0.3, -0.25) is 9.48 Å². The first kappa shape index (κ1) is 12.7. The van der Waals surface area contributed by atoms with Crippen molar-refractivity contribution >= 4 is 17.4 Å². The number of aryl methyl sites for hydroxylation is 2. The SMILES string of the molecule is Cc1cc(NC(=O)c2cccc3c2CCCN3)n(C)n1. The summed E-state index contributed by atoms with van der Waals surface area (Å²) in [4.78, 5) is 12.5. The first-order valence-electron chi connectivity index (χ1n) is 6.83. The van der Waals surface area contributed by atoms with Gasteiger partial charge in [0.15, 0.2) is 0 Å². The molecule has 0 atom stereocenters. The quantitative estimate of drug-likeness (QED) is 0.880. The maximum absolute atomic E-state index is 12.5. The molecule has 0 fully saturated rings. The van der Waals surface area contributed by atoms with E-state index in [0.717, 1.165) is 41.9 Å². The second-order valence-corrected chi connectivity index (χ2v) is 5.11. The summed E-state index contributed by atoms with van der Waals surface area (Å²) in [6.45, 7) is 2.88. The van der Waals surface area contributed by atoms with Crippen molar-refractivity contribution in [1.29, 1.82) is 0 Å². The Labute approximate surface area is 118 Å². The first-order valence-corrected chi connectivity index (χ1v) is 6.83. The van der Waals surface area contributed by atoms with Crippen LogP contribution in [0.5, 0.6) is 0 Å². The minimum atomic E-state index is -0.0754. The van der Waals surface area contributed by atoms with E-state index in [2.05, 4.69) is 15.7 Å². The molecule has 2 aromatic rings. The minimum absolute atomic E-state index is 0.0754. The monoisotopic (exact) mass is 270 g/mol. The van der Waals surface area contributed by atoms with Gasteiger partial charge in [-0.05, 0) is 37.5 Å². The highest BCUT2D eigenvalue weighted by Crippen LogP contribution is 2.26. The third-order valence-corrected chi connectivity index (χ3v) is 3.58. The average molecular weight is 270 g/mol. The number of aromatic nitrogens is 2. The summed E-state index contributed by atoms with van der Waals surface area (Å²) in [7, 11) is 1.82. The van der Waals surface area contributed by atoms with Crippen molar-refractivity contribution in [3.05, 3.63) is 41.1 Å². The van der Waals surface area contributed by atoms with Gasteiger partial charge in [-0.1, -0.05) is 6.07 Å². The fourth-order valence-electron chi connectivity index (χ4n) is 2.63. The molecular formula is C15H18N4O. The van der Waals surface area contributed by atoms with E-state index in [4.69, 9.17) is 0 Å². The second-order valence-electron chi connectivity index (χ2n) is 5.11. The summed E-state index contributed by atoms with van der Waals surface area (Å²) in [5.41, 5.74) is 3.81. The van der Waals surface area contributed by atoms with Gasteiger partial charge >= 0.3 is 0 Å². The molecule has 0 bridgehead atoms. The molecule has 0 aliphatic carbocycles. The van der Waals surface area contributed by atoms with E-state index in [-0.39, 0.29) is 5.91 Å². The Morgan fingerprint density at radius 1 is 1.45 bits per heavy atom. The number of nitrogens with one attached hydrogen (secondary N) is 2. The number of nitrogens with zero attached hydrogens (tertiary/aromatic N) is 2. The van der Waals surface area contributed by atoms with Crippen molar-refractivity contribution in [2.24, 2.45) is 7.05 Å². The molecule has 1 aromatic heterocycles. The van der Waals surface area contributed by atoms with E-state index in [0.29, 0.717) is 5.82 Å². The van der Waals surface area contributed by atoms with E-state index < -0.39 is 0 Å². The number of hydrogen-bond donors (Lipinski definition) is 2. The lowest BCUT2D eigenvalue weighted by Crippen LogP contribution is -2.20. The number of rotatable bonds is 2. The molecule has 1 aromatic carbocycles. The number of carbonyl (C=O) groups is 1. The predicted octanol–water partition coefficient (Wildman–Crippen LogP) is 2.34. The predicted molar refractivity (Wildman–Crippen MR) is 79.2 cm³/mol. The van der Waals surface area contributed by atoms with Crippen LogP contribution in [0.3, 0.4) is 0 Å². The standard InChI is InChI=1S/C15H18N4O/c1-10-9-14(19(2)18-10)17-15(20)12-5-3-7-13-11(12)6-4-8-16-13/h3,5,7,9,16H,4,6,8H2,1-2H3,(H,17,20). The van der Waals surface area contributed by atoms with Gasteiger partial charge < -0.3 is 10.6 Å². The number of amides is 1. The fourth-order valence-corrected chi connectivity index (χ4v) is 2.63.